The molecular formula is C90H110BF3N6O15S. The summed E-state index contributed by atoms with van der Waals surface area (Å²) in [5.41, 5.74) is 5.07. The van der Waals surface area contributed by atoms with Gasteiger partial charge in [0.15, 0.2) is 0 Å². The fourth-order valence-electron chi connectivity index (χ4n) is 16.2. The summed E-state index contributed by atoms with van der Waals surface area (Å²) in [5.74, 6) is 2.25. The van der Waals surface area contributed by atoms with Crippen molar-refractivity contribution in [2.75, 3.05) is 78.5 Å². The van der Waals surface area contributed by atoms with E-state index in [-0.39, 0.29) is 42.9 Å². The number of rotatable bonds is 8. The molecule has 5 amide bonds. The molecule has 0 bridgehead atoms. The quantitative estimate of drug-likeness (QED) is 0.0850. The maximum absolute atomic E-state index is 12.8. The first-order chi connectivity index (χ1) is 54.3. The molecule has 116 heavy (non-hydrogen) atoms. The van der Waals surface area contributed by atoms with Gasteiger partial charge in [0.2, 0.25) is 0 Å². The molecule has 0 radical (unpaired) electrons. The molecule has 21 nitrogen and oxygen atoms in total. The third-order valence-corrected chi connectivity index (χ3v) is 24.2. The third kappa shape index (κ3) is 18.4. The van der Waals surface area contributed by atoms with E-state index in [1.54, 1.807) is 14.7 Å². The van der Waals surface area contributed by atoms with Gasteiger partial charge in [0.1, 0.15) is 51.0 Å². The summed E-state index contributed by atoms with van der Waals surface area (Å²) in [5, 5.41) is 3.44. The zero-order valence-electron chi connectivity index (χ0n) is 68.2. The van der Waals surface area contributed by atoms with Crippen LogP contribution in [0.25, 0.3) is 16.6 Å². The number of para-hydroxylation sites is 3. The predicted octanol–water partition coefficient (Wildman–Crippen LogP) is 16.4. The SMILES string of the molecule is C.CC(C)(C)OC(=O)N1CCC2(C=C(B3OC(C)(C)C(C)(C)O3)c3ccccc3O2)CC1.CCN1CCc2cc(C3=CC4(CCN(C(=O)OC(C)(C)C)CC4)Oc4ccccc43)ccc2C1=O.CCN1CCc2cc(C3=CC4(CCNCC4)Oc4ccccc43)ccc2C1=O.CCN1CCc2cc(OS(=O)(=O)C(F)(F)F)ccc2C1=O. The predicted molar refractivity (Wildman–Crippen MR) is 441 cm³/mol. The van der Waals surface area contributed by atoms with E-state index in [0.29, 0.717) is 82.5 Å². The molecule has 10 aliphatic heterocycles. The number of amides is 5. The van der Waals surface area contributed by atoms with Crippen molar-refractivity contribution in [2.24, 2.45) is 0 Å². The molecule has 0 aromatic heterocycles. The number of carbonyl (C=O) groups is 5. The highest BCUT2D eigenvalue weighted by molar-refractivity contribution is 7.88. The molecule has 26 heteroatoms. The van der Waals surface area contributed by atoms with Crippen molar-refractivity contribution in [1.29, 1.82) is 0 Å². The van der Waals surface area contributed by atoms with E-state index in [4.69, 9.17) is 33.0 Å². The molecular weight excluding hydrogens is 1500 g/mol. The molecule has 6 aromatic carbocycles. The summed E-state index contributed by atoms with van der Waals surface area (Å²) in [7, 11) is -6.16. The van der Waals surface area contributed by atoms with Crippen molar-refractivity contribution in [3.05, 3.63) is 207 Å². The number of nitrogens with one attached hydrogen (secondary N) is 1. The van der Waals surface area contributed by atoms with Crippen LogP contribution in [0.15, 0.2) is 146 Å². The van der Waals surface area contributed by atoms with Gasteiger partial charge in [-0.1, -0.05) is 86.3 Å². The lowest BCUT2D eigenvalue weighted by molar-refractivity contribution is -0.0500. The van der Waals surface area contributed by atoms with Gasteiger partial charge in [0.25, 0.3) is 17.7 Å². The highest BCUT2D eigenvalue weighted by atomic mass is 32.2. The van der Waals surface area contributed by atoms with E-state index in [9.17, 15) is 45.6 Å². The third-order valence-electron chi connectivity index (χ3n) is 23.3. The van der Waals surface area contributed by atoms with Gasteiger partial charge < -0.3 is 67.0 Å². The number of benzene rings is 6. The van der Waals surface area contributed by atoms with Crippen molar-refractivity contribution >= 4 is 63.8 Å². The van der Waals surface area contributed by atoms with Crippen LogP contribution in [0.1, 0.15) is 212 Å². The summed E-state index contributed by atoms with van der Waals surface area (Å²) in [6.07, 6.45) is 13.1. The van der Waals surface area contributed by atoms with Crippen molar-refractivity contribution in [3.8, 4) is 23.0 Å². The van der Waals surface area contributed by atoms with Crippen LogP contribution < -0.4 is 23.7 Å². The lowest BCUT2D eigenvalue weighted by Gasteiger charge is -2.43. The minimum Gasteiger partial charge on any atom is -0.482 e. The Labute approximate surface area is 681 Å². The number of carbonyl (C=O) groups excluding carboxylic acids is 5. The number of nitrogens with zero attached hydrogens (tertiary/aromatic N) is 5. The number of alkyl halides is 3. The minimum atomic E-state index is -5.70. The molecule has 0 saturated carbocycles. The van der Waals surface area contributed by atoms with Crippen LogP contribution in [0.2, 0.25) is 0 Å². The van der Waals surface area contributed by atoms with Crippen molar-refractivity contribution in [3.63, 3.8) is 0 Å². The zero-order chi connectivity index (χ0) is 82.4. The molecule has 1 N–H and O–H groups in total. The minimum absolute atomic E-state index is 0. The Hall–Kier alpha value is -9.63. The molecule has 0 atom stereocenters. The van der Waals surface area contributed by atoms with Crippen molar-refractivity contribution < 1.29 is 82.7 Å². The summed E-state index contributed by atoms with van der Waals surface area (Å²) >= 11 is 0. The van der Waals surface area contributed by atoms with E-state index in [1.165, 1.54) is 17.2 Å². The Bertz CT molecular complexity index is 4910. The van der Waals surface area contributed by atoms with Crippen LogP contribution >= 0.6 is 0 Å². The average molecular weight is 1620 g/mol. The van der Waals surface area contributed by atoms with E-state index in [2.05, 4.69) is 110 Å². The van der Waals surface area contributed by atoms with Crippen molar-refractivity contribution in [1.82, 2.24) is 29.8 Å². The largest absolute Gasteiger partial charge is 0.534 e. The molecule has 4 saturated heterocycles. The molecule has 6 aromatic rings. The summed E-state index contributed by atoms with van der Waals surface area (Å²) in [6.45, 7) is 33.7. The first-order valence-corrected chi connectivity index (χ1v) is 41.6. The Kier molecular flexibility index (Phi) is 24.7. The second-order valence-corrected chi connectivity index (χ2v) is 35.5. The molecule has 16 rings (SSSR count). The maximum atomic E-state index is 12.8. The summed E-state index contributed by atoms with van der Waals surface area (Å²) in [4.78, 5) is 71.5. The van der Waals surface area contributed by atoms with Crippen LogP contribution in [0.3, 0.4) is 0 Å². The van der Waals surface area contributed by atoms with Gasteiger partial charge in [-0.2, -0.15) is 21.6 Å². The fraction of sp³-hybridized carbons (Fsp3) is 0.478. The van der Waals surface area contributed by atoms with Gasteiger partial charge in [-0.15, -0.1) is 0 Å². The van der Waals surface area contributed by atoms with Gasteiger partial charge in [0, 0.05) is 137 Å². The molecule has 10 heterocycles. The van der Waals surface area contributed by atoms with Gasteiger partial charge >= 0.3 is 34.9 Å². The standard InChI is InChI=1S/C29H34N2O4.C24H34BNO5.C24H26N2O2.C12H12F3NO4S.CH4/c1-5-30-15-12-21-18-20(10-11-22(21)26(30)32)24-19-29(34-25-9-7-6-8-23(24)25)13-16-31(17-14-29)27(33)35-28(2,3)4;1-21(2,3)29-20(27)26-14-12-24(13-15-26)16-18(17-10-8-9-11-19(17)28-24)25-30-22(4,5)23(6,7)31-25;1-2-26-14-9-18-15-17(7-8-19(18)23(26)27)21-16-24(10-12-25-13-11-24)28-22-6-4-3-5-20(21)22;1-2-16-6-5-8-7-9(3-4-10(8)11(16)17)20-21(18,19)12(13,14)15;/h6-11,18-19H,5,12-17H2,1-4H3;8-11,16H,12-15H2,1-7H3;3-8,15-16,25H,2,9-14H2,1H3;3-4,7H,2,5-6H2,1H3;1H4. The number of fused-ring (bicyclic) bond motifs is 6. The van der Waals surface area contributed by atoms with Gasteiger partial charge in [-0.25, -0.2) is 9.59 Å². The normalized spacial score (nSPS) is 19.8. The monoisotopic (exact) mass is 1610 g/mol. The number of likely N-dealkylation sites (N-methyl/N-ethyl adjacent to an activating group) is 3. The molecule has 4 fully saturated rings. The molecule has 620 valence electrons. The van der Waals surface area contributed by atoms with Crippen LogP contribution in [-0.4, -0.2) is 193 Å². The van der Waals surface area contributed by atoms with Crippen LogP contribution in [0.4, 0.5) is 22.8 Å². The summed E-state index contributed by atoms with van der Waals surface area (Å²) < 4.78 is 106. The lowest BCUT2D eigenvalue weighted by Crippen LogP contribution is -2.51. The number of ether oxygens (including phenoxy) is 5. The van der Waals surface area contributed by atoms with Gasteiger partial charge in [-0.3, -0.25) is 14.4 Å². The first kappa shape index (κ1) is 85.7. The Morgan fingerprint density at radius 2 is 0.828 bits per heavy atom. The van der Waals surface area contributed by atoms with Crippen molar-refractivity contribution in [2.45, 2.75) is 200 Å². The number of hydrogen-bond acceptors (Lipinski definition) is 16. The van der Waals surface area contributed by atoms with Gasteiger partial charge in [0.05, 0.1) is 11.2 Å². The van der Waals surface area contributed by atoms with E-state index >= 15 is 0 Å². The van der Waals surface area contributed by atoms with Crippen LogP contribution in [0, 0.1) is 0 Å². The maximum Gasteiger partial charge on any atom is 0.534 e. The zero-order valence-corrected chi connectivity index (χ0v) is 69.0. The molecule has 3 spiro atoms. The highest BCUT2D eigenvalue weighted by Gasteiger charge is 2.55. The van der Waals surface area contributed by atoms with Crippen LogP contribution in [0.5, 0.6) is 23.0 Å². The number of hydrogen-bond donors (Lipinski definition) is 1. The number of likely N-dealkylation sites (tertiary alicyclic amines) is 2. The Morgan fingerprint density at radius 1 is 0.474 bits per heavy atom. The van der Waals surface area contributed by atoms with E-state index in [1.807, 2.05) is 127 Å². The van der Waals surface area contributed by atoms with Crippen LogP contribution in [-0.2, 0) is 48.2 Å². The molecule has 10 aliphatic rings. The average Bonchev–Trinajstić information content (AvgIpc) is 1.44. The van der Waals surface area contributed by atoms with Gasteiger partial charge in [-0.05, 0) is 234 Å². The number of halogens is 3. The Morgan fingerprint density at radius 3 is 1.22 bits per heavy atom. The fourth-order valence-corrected chi connectivity index (χ4v) is 16.7. The molecule has 0 unspecified atom stereocenters. The number of piperidine rings is 3. The van der Waals surface area contributed by atoms with E-state index < -0.39 is 62.1 Å². The second-order valence-electron chi connectivity index (χ2n) is 33.9. The lowest BCUT2D eigenvalue weighted by atomic mass is 9.69. The molecule has 0 aliphatic carbocycles. The topological polar surface area (TPSA) is 222 Å². The van der Waals surface area contributed by atoms with E-state index in [0.717, 1.165) is 150 Å². The summed E-state index contributed by atoms with van der Waals surface area (Å²) in [6, 6.07) is 40.5. The first-order valence-electron chi connectivity index (χ1n) is 40.2. The smallest absolute Gasteiger partial charge is 0.482 e. The highest BCUT2D eigenvalue weighted by Crippen LogP contribution is 2.49. The second kappa shape index (κ2) is 33.4. The Balaban J connectivity index is 0.000000144.